The first-order valence-corrected chi connectivity index (χ1v) is 9.63. The molecule has 1 N–H and O–H groups in total. The Morgan fingerprint density at radius 1 is 1.17 bits per heavy atom. The molecule has 0 saturated carbocycles. The summed E-state index contributed by atoms with van der Waals surface area (Å²) < 4.78 is 24.3. The summed E-state index contributed by atoms with van der Waals surface area (Å²) in [4.78, 5) is 13.0. The summed E-state index contributed by atoms with van der Waals surface area (Å²) in [5.41, 5.74) is 2.19. The second kappa shape index (κ2) is 8.24. The van der Waals surface area contributed by atoms with Gasteiger partial charge in [-0.2, -0.15) is 0 Å². The third kappa shape index (κ3) is 4.49. The average molecular weight is 409 g/mol. The predicted octanol–water partition coefficient (Wildman–Crippen LogP) is 5.08. The van der Waals surface area contributed by atoms with Crippen LogP contribution in [-0.4, -0.2) is 16.1 Å². The largest absolute Gasteiger partial charge is 0.484 e. The van der Waals surface area contributed by atoms with Crippen molar-refractivity contribution in [2.24, 2.45) is 0 Å². The van der Waals surface area contributed by atoms with E-state index in [9.17, 15) is 9.18 Å². The molecule has 0 atom stereocenters. The fraction of sp³-hybridized carbons (Fsp3) is 0.0952. The summed E-state index contributed by atoms with van der Waals surface area (Å²) in [6.07, 6.45) is 0. The van der Waals surface area contributed by atoms with Crippen LogP contribution in [-0.2, 0) is 6.61 Å². The molecule has 2 aromatic heterocycles. The number of anilines is 1. The van der Waals surface area contributed by atoms with E-state index >= 15 is 0 Å². The van der Waals surface area contributed by atoms with Gasteiger partial charge in [0.15, 0.2) is 6.61 Å². The van der Waals surface area contributed by atoms with Crippen LogP contribution in [0.1, 0.15) is 21.1 Å². The van der Waals surface area contributed by atoms with Crippen LogP contribution in [0.4, 0.5) is 10.1 Å². The molecular weight excluding hydrogens is 393 g/mol. The summed E-state index contributed by atoms with van der Waals surface area (Å²) in [7, 11) is 0. The van der Waals surface area contributed by atoms with Gasteiger partial charge in [-0.05, 0) is 60.3 Å². The second-order valence-electron chi connectivity index (χ2n) is 6.21. The van der Waals surface area contributed by atoms with Crippen molar-refractivity contribution in [3.63, 3.8) is 0 Å². The molecule has 8 heteroatoms. The Balaban J connectivity index is 1.39. The zero-order chi connectivity index (χ0) is 20.2. The first kappa shape index (κ1) is 18.8. The average Bonchev–Trinajstić information content (AvgIpc) is 3.36. The SMILES string of the molecule is Cc1ccsc1C(=O)Nc1cccc(OCc2nnc(-c3ccc(F)cc3)o2)c1. The van der Waals surface area contributed by atoms with Crippen LogP contribution in [0.3, 0.4) is 0 Å². The molecule has 2 aromatic carbocycles. The number of halogens is 1. The highest BCUT2D eigenvalue weighted by molar-refractivity contribution is 7.12. The molecule has 0 aliphatic rings. The van der Waals surface area contributed by atoms with Gasteiger partial charge >= 0.3 is 0 Å². The standard InChI is InChI=1S/C21H16FN3O3S/c1-13-9-10-29-19(13)20(26)23-16-3-2-4-17(11-16)27-12-18-24-25-21(28-18)14-5-7-15(22)8-6-14/h2-11H,12H2,1H3,(H,23,26). The molecule has 1 amide bonds. The minimum absolute atomic E-state index is 0.0651. The quantitative estimate of drug-likeness (QED) is 0.481. The van der Waals surface area contributed by atoms with E-state index in [1.165, 1.54) is 23.5 Å². The maximum absolute atomic E-state index is 13.0. The van der Waals surface area contributed by atoms with E-state index in [4.69, 9.17) is 9.15 Å². The van der Waals surface area contributed by atoms with Crippen LogP contribution in [0.25, 0.3) is 11.5 Å². The highest BCUT2D eigenvalue weighted by atomic mass is 32.1. The van der Waals surface area contributed by atoms with Gasteiger partial charge in [0.25, 0.3) is 11.8 Å². The van der Waals surface area contributed by atoms with Gasteiger partial charge in [0.1, 0.15) is 11.6 Å². The van der Waals surface area contributed by atoms with Crippen LogP contribution in [0.5, 0.6) is 5.75 Å². The van der Waals surface area contributed by atoms with Gasteiger partial charge in [-0.3, -0.25) is 4.79 Å². The number of rotatable bonds is 6. The molecule has 0 bridgehead atoms. The molecule has 4 aromatic rings. The number of hydrogen-bond acceptors (Lipinski definition) is 6. The molecule has 6 nitrogen and oxygen atoms in total. The molecule has 0 fully saturated rings. The number of amides is 1. The summed E-state index contributed by atoms with van der Waals surface area (Å²) in [5, 5.41) is 12.6. The van der Waals surface area contributed by atoms with Crippen molar-refractivity contribution in [3.05, 3.63) is 82.1 Å². The van der Waals surface area contributed by atoms with Crippen molar-refractivity contribution >= 4 is 22.9 Å². The molecule has 0 aliphatic carbocycles. The Morgan fingerprint density at radius 3 is 2.76 bits per heavy atom. The number of ether oxygens (including phenoxy) is 1. The first-order valence-electron chi connectivity index (χ1n) is 8.75. The van der Waals surface area contributed by atoms with Crippen LogP contribution in [0.2, 0.25) is 0 Å². The zero-order valence-corrected chi connectivity index (χ0v) is 16.2. The van der Waals surface area contributed by atoms with Crippen LogP contribution >= 0.6 is 11.3 Å². The summed E-state index contributed by atoms with van der Waals surface area (Å²) in [6, 6.07) is 14.7. The number of carbonyl (C=O) groups excluding carboxylic acids is 1. The highest BCUT2D eigenvalue weighted by Crippen LogP contribution is 2.23. The highest BCUT2D eigenvalue weighted by Gasteiger charge is 2.12. The molecule has 0 saturated heterocycles. The van der Waals surface area contributed by atoms with E-state index in [2.05, 4.69) is 15.5 Å². The molecule has 0 spiro atoms. The van der Waals surface area contributed by atoms with Gasteiger partial charge in [0.05, 0.1) is 4.88 Å². The lowest BCUT2D eigenvalue weighted by Gasteiger charge is -2.08. The molecule has 2 heterocycles. The van der Waals surface area contributed by atoms with Gasteiger partial charge in [-0.1, -0.05) is 6.07 Å². The van der Waals surface area contributed by atoms with Crippen molar-refractivity contribution in [1.29, 1.82) is 0 Å². The van der Waals surface area contributed by atoms with Crippen LogP contribution < -0.4 is 10.1 Å². The normalized spacial score (nSPS) is 10.7. The lowest BCUT2D eigenvalue weighted by atomic mass is 10.2. The van der Waals surface area contributed by atoms with Gasteiger partial charge in [0, 0.05) is 17.3 Å². The minimum atomic E-state index is -0.335. The fourth-order valence-corrected chi connectivity index (χ4v) is 3.44. The number of aryl methyl sites for hydroxylation is 1. The predicted molar refractivity (Wildman–Crippen MR) is 107 cm³/mol. The van der Waals surface area contributed by atoms with E-state index in [0.29, 0.717) is 21.9 Å². The van der Waals surface area contributed by atoms with Crippen LogP contribution in [0.15, 0.2) is 64.4 Å². The number of hydrogen-bond donors (Lipinski definition) is 1. The topological polar surface area (TPSA) is 77.2 Å². The number of nitrogens with one attached hydrogen (secondary N) is 1. The maximum Gasteiger partial charge on any atom is 0.265 e. The lowest BCUT2D eigenvalue weighted by molar-refractivity contribution is 0.103. The summed E-state index contributed by atoms with van der Waals surface area (Å²) >= 11 is 1.40. The Kier molecular flexibility index (Phi) is 5.35. The van der Waals surface area contributed by atoms with Crippen molar-refractivity contribution in [1.82, 2.24) is 10.2 Å². The smallest absolute Gasteiger partial charge is 0.265 e. The molecule has 146 valence electrons. The number of benzene rings is 2. The summed E-state index contributed by atoms with van der Waals surface area (Å²) in [6.45, 7) is 1.96. The maximum atomic E-state index is 13.0. The zero-order valence-electron chi connectivity index (χ0n) is 15.4. The third-order valence-electron chi connectivity index (χ3n) is 4.08. The Bertz CT molecular complexity index is 1140. The number of nitrogens with zero attached hydrogens (tertiary/aromatic N) is 2. The van der Waals surface area contributed by atoms with Gasteiger partial charge < -0.3 is 14.5 Å². The van der Waals surface area contributed by atoms with Gasteiger partial charge in [0.2, 0.25) is 5.89 Å². The molecule has 0 unspecified atom stereocenters. The van der Waals surface area contributed by atoms with Crippen LogP contribution in [0, 0.1) is 12.7 Å². The van der Waals surface area contributed by atoms with Gasteiger partial charge in [-0.15, -0.1) is 21.5 Å². The molecular formula is C21H16FN3O3S. The monoisotopic (exact) mass is 409 g/mol. The van der Waals surface area contributed by atoms with E-state index in [1.54, 1.807) is 36.4 Å². The molecule has 0 aliphatic heterocycles. The van der Waals surface area contributed by atoms with Crippen molar-refractivity contribution < 1.29 is 18.3 Å². The summed E-state index contributed by atoms with van der Waals surface area (Å²) in [5.74, 6) is 0.629. The molecule has 4 rings (SSSR count). The first-order chi connectivity index (χ1) is 14.1. The Hall–Kier alpha value is -3.52. The van der Waals surface area contributed by atoms with Gasteiger partial charge in [-0.25, -0.2) is 4.39 Å². The van der Waals surface area contributed by atoms with Crippen molar-refractivity contribution in [3.8, 4) is 17.2 Å². The van der Waals surface area contributed by atoms with E-state index in [1.807, 2.05) is 18.4 Å². The third-order valence-corrected chi connectivity index (χ3v) is 5.10. The van der Waals surface area contributed by atoms with E-state index < -0.39 is 0 Å². The minimum Gasteiger partial charge on any atom is -0.484 e. The molecule has 0 radical (unpaired) electrons. The number of thiophene rings is 1. The van der Waals surface area contributed by atoms with Crippen molar-refractivity contribution in [2.45, 2.75) is 13.5 Å². The number of aromatic nitrogens is 2. The lowest BCUT2D eigenvalue weighted by Crippen LogP contribution is -2.11. The Morgan fingerprint density at radius 2 is 2.00 bits per heavy atom. The van der Waals surface area contributed by atoms with Crippen molar-refractivity contribution in [2.75, 3.05) is 5.32 Å². The Labute approximate surface area is 170 Å². The van der Waals surface area contributed by atoms with E-state index in [0.717, 1.165) is 5.56 Å². The molecule has 29 heavy (non-hydrogen) atoms. The number of carbonyl (C=O) groups is 1. The van der Waals surface area contributed by atoms with E-state index in [-0.39, 0.29) is 30.1 Å². The fourth-order valence-electron chi connectivity index (χ4n) is 2.62. The second-order valence-corrected chi connectivity index (χ2v) is 7.13.